The molecule has 79 heavy (non-hydrogen) atoms. The van der Waals surface area contributed by atoms with Crippen LogP contribution in [0.2, 0.25) is 0 Å². The van der Waals surface area contributed by atoms with Crippen molar-refractivity contribution in [3.63, 3.8) is 0 Å². The number of aliphatic carboxylic acids is 6. The zero-order valence-corrected chi connectivity index (χ0v) is 44.2. The minimum absolute atomic E-state index is 0.0346. The number of hydrogen-bond donors (Lipinski definition) is 10. The number of carbonyl (C=O) groups excluding carboxylic acids is 4. The predicted molar refractivity (Wildman–Crippen MR) is 285 cm³/mol. The second kappa shape index (κ2) is 31.8. The minimum atomic E-state index is -1.69. The maximum Gasteiger partial charge on any atom is 0.408 e. The Bertz CT molecular complexity index is 2530. The second-order valence-electron chi connectivity index (χ2n) is 20.2. The van der Waals surface area contributed by atoms with Crippen molar-refractivity contribution in [1.82, 2.24) is 40.9 Å². The fraction of sp³-hybridized carbons (Fsp3) is 0.556. The third-order valence-corrected chi connectivity index (χ3v) is 14.3. The van der Waals surface area contributed by atoms with E-state index in [4.69, 9.17) is 9.84 Å². The van der Waals surface area contributed by atoms with Crippen molar-refractivity contribution in [1.29, 1.82) is 0 Å². The van der Waals surface area contributed by atoms with E-state index < -0.39 is 71.9 Å². The van der Waals surface area contributed by atoms with E-state index in [1.165, 1.54) is 0 Å². The van der Waals surface area contributed by atoms with Crippen LogP contribution >= 0.6 is 0 Å². The van der Waals surface area contributed by atoms with Crippen molar-refractivity contribution >= 4 is 81.2 Å². The molecule has 3 atom stereocenters. The summed E-state index contributed by atoms with van der Waals surface area (Å²) in [7, 11) is 0. The molecular weight excluding hydrogens is 1030 g/mol. The average molecular weight is 1110 g/mol. The minimum Gasteiger partial charge on any atom is -0.481 e. The SMILES string of the molecule is O=C(O)CCC[C@@H](OC(=O)N[C@@H](CCCCNC(=O)[C@H](Cc1c2ccccc2cc2ccccc12)NC(=O)C1CCC(CNC(=O)CN2CCN(CC(=O)O)CCN(CC(=O)O)CCN(CC(=O)O)CC2)CC1)C(=O)O)C(=O)O. The summed E-state index contributed by atoms with van der Waals surface area (Å²) in [4.78, 5) is 130. The van der Waals surface area contributed by atoms with Gasteiger partial charge >= 0.3 is 41.9 Å². The number of hydrogen-bond acceptors (Lipinski definition) is 15. The number of rotatable bonds is 28. The number of amides is 4. The van der Waals surface area contributed by atoms with Gasteiger partial charge < -0.3 is 56.6 Å². The number of carboxylic acid groups (broad SMARTS) is 6. The van der Waals surface area contributed by atoms with Crippen molar-refractivity contribution in [2.75, 3.05) is 91.6 Å². The Hall–Kier alpha value is -7.48. The molecule has 0 unspecified atom stereocenters. The molecule has 2 fully saturated rings. The molecule has 1 saturated heterocycles. The van der Waals surface area contributed by atoms with E-state index in [1.54, 1.807) is 14.7 Å². The summed E-state index contributed by atoms with van der Waals surface area (Å²) in [5, 5.41) is 71.4. The van der Waals surface area contributed by atoms with Crippen LogP contribution in [-0.4, -0.2) is 220 Å². The molecule has 25 nitrogen and oxygen atoms in total. The van der Waals surface area contributed by atoms with E-state index in [2.05, 4.69) is 27.3 Å². The van der Waals surface area contributed by atoms with Crippen molar-refractivity contribution in [3.05, 3.63) is 60.2 Å². The molecule has 0 spiro atoms. The van der Waals surface area contributed by atoms with Gasteiger partial charge in [0.25, 0.3) is 0 Å². The monoisotopic (exact) mass is 1110 g/mol. The van der Waals surface area contributed by atoms with Crippen LogP contribution in [-0.2, 0) is 54.3 Å². The lowest BCUT2D eigenvalue weighted by molar-refractivity contribution is -0.148. The number of carbonyl (C=O) groups is 10. The molecule has 10 N–H and O–H groups in total. The van der Waals surface area contributed by atoms with Crippen molar-refractivity contribution < 1.29 is 83.3 Å². The van der Waals surface area contributed by atoms with Crippen molar-refractivity contribution in [2.45, 2.75) is 88.8 Å². The summed E-state index contributed by atoms with van der Waals surface area (Å²) in [6.07, 6.45) is -1.02. The van der Waals surface area contributed by atoms with E-state index in [0.717, 1.165) is 27.1 Å². The van der Waals surface area contributed by atoms with Crippen LogP contribution in [0, 0.1) is 11.8 Å². The van der Waals surface area contributed by atoms with Crippen molar-refractivity contribution in [3.8, 4) is 0 Å². The first-order valence-electron chi connectivity index (χ1n) is 26.7. The van der Waals surface area contributed by atoms with Crippen molar-refractivity contribution in [2.24, 2.45) is 11.8 Å². The maximum absolute atomic E-state index is 14.2. The first-order valence-corrected chi connectivity index (χ1v) is 26.7. The molecule has 1 heterocycles. The number of fused-ring (bicyclic) bond motifs is 2. The topological polar surface area (TPSA) is 362 Å². The first kappa shape index (κ1) is 62.4. The Labute approximate surface area is 456 Å². The molecule has 3 aromatic carbocycles. The number of alkyl carbamates (subject to hydrolysis) is 1. The molecule has 1 aliphatic carbocycles. The molecule has 2 aliphatic rings. The van der Waals surface area contributed by atoms with E-state index in [1.807, 2.05) is 53.4 Å². The lowest BCUT2D eigenvalue weighted by Gasteiger charge is -2.33. The zero-order chi connectivity index (χ0) is 57.4. The van der Waals surface area contributed by atoms with Gasteiger partial charge in [0, 0.05) is 84.2 Å². The van der Waals surface area contributed by atoms with Crippen LogP contribution in [0.25, 0.3) is 21.5 Å². The van der Waals surface area contributed by atoms with Gasteiger partial charge in [-0.1, -0.05) is 48.5 Å². The molecule has 0 bridgehead atoms. The molecule has 1 saturated carbocycles. The quantitative estimate of drug-likeness (QED) is 0.0364. The van der Waals surface area contributed by atoms with Gasteiger partial charge in [-0.05, 0) is 96.9 Å². The third kappa shape index (κ3) is 21.7. The van der Waals surface area contributed by atoms with Crippen LogP contribution in [0.15, 0.2) is 54.6 Å². The number of benzene rings is 3. The molecule has 25 heteroatoms. The Morgan fingerprint density at radius 3 is 1.53 bits per heavy atom. The standard InChI is InChI=1S/C54H74N8O17/c63-45(31-59-20-22-60(32-47(66)67)24-26-62(34-49(70)71)27-25-61(23-21-59)33-48(68)69)56-30-35-15-17-36(18-16-35)50(72)57-43(29-41-39-10-3-1-8-37(39)28-38-9-2-4-11-40(38)41)51(73)55-19-6-5-12-42(52(74)75)58-54(78)79-44(53(76)77)13-7-14-46(64)65/h1-4,8-11,28,35-36,42-44H,5-7,12-27,29-34H2,(H,55,73)(H,56,63)(H,57,72)(H,58,78)(H,64,65)(H,66,67)(H,68,69)(H,70,71)(H,74,75)(H,76,77)/t35?,36?,42-,43-,44+/m0/s1. The van der Waals surface area contributed by atoms with Gasteiger partial charge in [0.1, 0.15) is 12.1 Å². The van der Waals surface area contributed by atoms with Gasteiger partial charge in [-0.2, -0.15) is 0 Å². The second-order valence-corrected chi connectivity index (χ2v) is 20.2. The highest BCUT2D eigenvalue weighted by Crippen LogP contribution is 2.31. The highest BCUT2D eigenvalue weighted by Gasteiger charge is 2.32. The maximum atomic E-state index is 14.2. The zero-order valence-electron chi connectivity index (χ0n) is 44.2. The molecule has 0 radical (unpaired) electrons. The fourth-order valence-electron chi connectivity index (χ4n) is 10.0. The molecule has 1 aliphatic heterocycles. The van der Waals surface area contributed by atoms with Gasteiger partial charge in [0.2, 0.25) is 23.8 Å². The molecule has 0 aromatic heterocycles. The fourth-order valence-corrected chi connectivity index (χ4v) is 10.0. The molecule has 432 valence electrons. The van der Waals surface area contributed by atoms with Crippen LogP contribution in [0.1, 0.15) is 69.8 Å². The summed E-state index contributed by atoms with van der Waals surface area (Å²) in [5.41, 5.74) is 0.857. The molecule has 4 amide bonds. The van der Waals surface area contributed by atoms with E-state index in [0.29, 0.717) is 45.3 Å². The summed E-state index contributed by atoms with van der Waals surface area (Å²) >= 11 is 0. The molecular formula is C54H74N8O17. The van der Waals surface area contributed by atoms with E-state index >= 15 is 0 Å². The number of nitrogens with zero attached hydrogens (tertiary/aromatic N) is 4. The Balaban J connectivity index is 1.17. The molecule has 3 aromatic rings. The Kier molecular flexibility index (Phi) is 25.1. The van der Waals surface area contributed by atoms with Crippen LogP contribution in [0.3, 0.4) is 0 Å². The smallest absolute Gasteiger partial charge is 0.408 e. The first-order chi connectivity index (χ1) is 37.7. The lowest BCUT2D eigenvalue weighted by Crippen LogP contribution is -2.50. The summed E-state index contributed by atoms with van der Waals surface area (Å²) in [6, 6.07) is 15.1. The van der Waals surface area contributed by atoms with E-state index in [-0.39, 0.29) is 135 Å². The number of carboxylic acids is 6. The largest absolute Gasteiger partial charge is 0.481 e. The average Bonchev–Trinajstić information content (AvgIpc) is 3.39. The van der Waals surface area contributed by atoms with Crippen LogP contribution in [0.5, 0.6) is 0 Å². The predicted octanol–water partition coefficient (Wildman–Crippen LogP) is 1.59. The summed E-state index contributed by atoms with van der Waals surface area (Å²) < 4.78 is 4.88. The van der Waals surface area contributed by atoms with Gasteiger partial charge in [0.15, 0.2) is 0 Å². The number of ether oxygens (including phenoxy) is 1. The van der Waals surface area contributed by atoms with Gasteiger partial charge in [-0.25, -0.2) is 14.4 Å². The molecule has 5 rings (SSSR count). The van der Waals surface area contributed by atoms with E-state index in [9.17, 15) is 73.5 Å². The summed E-state index contributed by atoms with van der Waals surface area (Å²) in [5.74, 6) is -8.68. The van der Waals surface area contributed by atoms with Crippen LogP contribution in [0.4, 0.5) is 4.79 Å². The third-order valence-electron chi connectivity index (χ3n) is 14.3. The summed E-state index contributed by atoms with van der Waals surface area (Å²) in [6.45, 7) is 1.64. The van der Waals surface area contributed by atoms with Crippen LogP contribution < -0.4 is 21.3 Å². The van der Waals surface area contributed by atoms with Gasteiger partial charge in [0.05, 0.1) is 26.2 Å². The van der Waals surface area contributed by atoms with Gasteiger partial charge in [-0.15, -0.1) is 0 Å². The Morgan fingerprint density at radius 2 is 1.05 bits per heavy atom. The highest BCUT2D eigenvalue weighted by atomic mass is 16.6. The Morgan fingerprint density at radius 1 is 0.544 bits per heavy atom. The lowest BCUT2D eigenvalue weighted by atomic mass is 9.81. The number of nitrogens with one attached hydrogen (secondary N) is 4. The highest BCUT2D eigenvalue weighted by molar-refractivity contribution is 6.03. The normalized spacial score (nSPS) is 18.4. The van der Waals surface area contributed by atoms with Gasteiger partial charge in [-0.3, -0.25) is 53.2 Å². The number of unbranched alkanes of at least 4 members (excludes halogenated alkanes) is 1.